The van der Waals surface area contributed by atoms with Crippen molar-refractivity contribution in [1.82, 2.24) is 4.90 Å². The minimum atomic E-state index is -0.280. The molecule has 1 aliphatic heterocycles. The number of carbonyl (C=O) groups is 1. The van der Waals surface area contributed by atoms with Gasteiger partial charge in [-0.05, 0) is 18.8 Å². The van der Waals surface area contributed by atoms with E-state index in [1.54, 1.807) is 4.90 Å². The number of amides is 2. The zero-order chi connectivity index (χ0) is 10.1. The molecule has 0 saturated heterocycles. The fourth-order valence-electron chi connectivity index (χ4n) is 2.04. The highest BCUT2D eigenvalue weighted by molar-refractivity contribution is 6.03. The first-order valence-electron chi connectivity index (χ1n) is 4.82. The van der Waals surface area contributed by atoms with Crippen LogP contribution in [0.1, 0.15) is 19.3 Å². The zero-order valence-corrected chi connectivity index (χ0v) is 7.94. The lowest BCUT2D eigenvalue weighted by Gasteiger charge is -2.35. The van der Waals surface area contributed by atoms with Crippen molar-refractivity contribution >= 4 is 11.9 Å². The summed E-state index contributed by atoms with van der Waals surface area (Å²) in [6, 6.07) is -0.315. The van der Waals surface area contributed by atoms with Gasteiger partial charge in [-0.25, -0.2) is 4.79 Å². The Hall–Kier alpha value is -1.50. The summed E-state index contributed by atoms with van der Waals surface area (Å²) in [7, 11) is 0. The second-order valence-corrected chi connectivity index (χ2v) is 3.79. The van der Waals surface area contributed by atoms with Crippen LogP contribution in [0.15, 0.2) is 4.99 Å². The molecular formula is C10H13N3O. The van der Waals surface area contributed by atoms with Gasteiger partial charge in [0.2, 0.25) is 0 Å². The average molecular weight is 191 g/mol. The number of terminal acetylenes is 1. The number of hydrogen-bond donors (Lipinski definition) is 1. The number of hydrogen-bond acceptors (Lipinski definition) is 2. The molecule has 14 heavy (non-hydrogen) atoms. The van der Waals surface area contributed by atoms with Gasteiger partial charge in [-0.2, -0.15) is 4.99 Å². The van der Waals surface area contributed by atoms with E-state index in [0.29, 0.717) is 18.3 Å². The maximum Gasteiger partial charge on any atom is 0.346 e. The number of urea groups is 1. The van der Waals surface area contributed by atoms with Crippen LogP contribution in [0.4, 0.5) is 4.79 Å². The molecule has 1 aliphatic carbocycles. The molecule has 2 N–H and O–H groups in total. The maximum absolute atomic E-state index is 11.4. The van der Waals surface area contributed by atoms with Crippen LogP contribution in [0.25, 0.3) is 0 Å². The maximum atomic E-state index is 11.4. The van der Waals surface area contributed by atoms with Crippen LogP contribution in [0, 0.1) is 18.3 Å². The van der Waals surface area contributed by atoms with Gasteiger partial charge in [-0.1, -0.05) is 12.3 Å². The van der Waals surface area contributed by atoms with E-state index in [1.165, 1.54) is 6.42 Å². The van der Waals surface area contributed by atoms with E-state index < -0.39 is 0 Å². The highest BCUT2D eigenvalue weighted by atomic mass is 16.2. The molecule has 1 heterocycles. The second kappa shape index (κ2) is 3.33. The van der Waals surface area contributed by atoms with Gasteiger partial charge in [0.25, 0.3) is 0 Å². The fraction of sp³-hybridized carbons (Fsp3) is 0.600. The summed E-state index contributed by atoms with van der Waals surface area (Å²) in [5.41, 5.74) is 5.72. The lowest BCUT2D eigenvalue weighted by molar-refractivity contribution is 0.170. The third-order valence-corrected chi connectivity index (χ3v) is 2.97. The third-order valence-electron chi connectivity index (χ3n) is 2.97. The van der Waals surface area contributed by atoms with Gasteiger partial charge in [-0.3, -0.25) is 0 Å². The van der Waals surface area contributed by atoms with Crippen LogP contribution in [0.3, 0.4) is 0 Å². The first-order chi connectivity index (χ1) is 6.74. The largest absolute Gasteiger partial charge is 0.385 e. The summed E-state index contributed by atoms with van der Waals surface area (Å²) in [4.78, 5) is 16.7. The Balaban J connectivity index is 2.15. The van der Waals surface area contributed by atoms with E-state index in [0.717, 1.165) is 12.8 Å². The van der Waals surface area contributed by atoms with E-state index in [1.807, 2.05) is 0 Å². The predicted molar refractivity (Wildman–Crippen MR) is 53.7 cm³/mol. The fourth-order valence-corrected chi connectivity index (χ4v) is 2.04. The van der Waals surface area contributed by atoms with E-state index in [4.69, 9.17) is 12.2 Å². The first-order valence-corrected chi connectivity index (χ1v) is 4.82. The Bertz CT molecular complexity index is 325. The quantitative estimate of drug-likeness (QED) is 0.649. The molecule has 1 saturated carbocycles. The monoisotopic (exact) mass is 191 g/mol. The van der Waals surface area contributed by atoms with Crippen molar-refractivity contribution in [3.05, 3.63) is 0 Å². The lowest BCUT2D eigenvalue weighted by Crippen LogP contribution is -2.47. The normalized spacial score (nSPS) is 27.1. The molecule has 0 aromatic heterocycles. The summed E-state index contributed by atoms with van der Waals surface area (Å²) in [5.74, 6) is 3.38. The minimum absolute atomic E-state index is 0.0349. The molecule has 0 aromatic carbocycles. The molecule has 0 aromatic rings. The van der Waals surface area contributed by atoms with Crippen LogP contribution >= 0.6 is 0 Å². The highest BCUT2D eigenvalue weighted by Gasteiger charge is 2.40. The summed E-state index contributed by atoms with van der Waals surface area (Å²) in [6.07, 6.45) is 8.66. The Morgan fingerprint density at radius 3 is 2.86 bits per heavy atom. The van der Waals surface area contributed by atoms with E-state index >= 15 is 0 Å². The van der Waals surface area contributed by atoms with Gasteiger partial charge in [-0.15, -0.1) is 6.42 Å². The van der Waals surface area contributed by atoms with Crippen molar-refractivity contribution in [2.45, 2.75) is 25.3 Å². The van der Waals surface area contributed by atoms with E-state index in [2.05, 4.69) is 10.9 Å². The third kappa shape index (κ3) is 1.25. The van der Waals surface area contributed by atoms with Crippen LogP contribution < -0.4 is 5.73 Å². The number of nitrogens with zero attached hydrogens (tertiary/aromatic N) is 2. The minimum Gasteiger partial charge on any atom is -0.385 e. The molecular weight excluding hydrogens is 178 g/mol. The number of carbonyl (C=O) groups excluding carboxylic acids is 1. The molecule has 2 aliphatic rings. The molecule has 4 heteroatoms. The van der Waals surface area contributed by atoms with Gasteiger partial charge >= 0.3 is 6.03 Å². The predicted octanol–water partition coefficient (Wildman–Crippen LogP) is 0.581. The molecule has 0 spiro atoms. The molecule has 0 radical (unpaired) electrons. The standard InChI is InChI=1S/C10H13N3O/c1-2-6-13-8(7-4-3-5-7)9(11)12-10(13)14/h1,7-8H,3-6H2,(H2,11,12,14). The highest BCUT2D eigenvalue weighted by Crippen LogP contribution is 2.34. The number of rotatable bonds is 2. The van der Waals surface area contributed by atoms with Crippen LogP contribution in [0.5, 0.6) is 0 Å². The molecule has 2 amide bonds. The van der Waals surface area contributed by atoms with Crippen LogP contribution in [-0.4, -0.2) is 29.4 Å². The van der Waals surface area contributed by atoms with Gasteiger partial charge in [0.15, 0.2) is 0 Å². The average Bonchev–Trinajstić information content (AvgIpc) is 2.29. The molecule has 1 fully saturated rings. The Labute approximate surface area is 83.2 Å². The lowest BCUT2D eigenvalue weighted by atomic mass is 9.79. The Kier molecular flexibility index (Phi) is 2.16. The molecule has 4 nitrogen and oxygen atoms in total. The van der Waals surface area contributed by atoms with Gasteiger partial charge in [0, 0.05) is 0 Å². The number of aliphatic imine (C=N–C) groups is 1. The summed E-state index contributed by atoms with van der Waals surface area (Å²) >= 11 is 0. The van der Waals surface area contributed by atoms with Gasteiger partial charge in [0.1, 0.15) is 5.84 Å². The van der Waals surface area contributed by atoms with Crippen molar-refractivity contribution in [1.29, 1.82) is 0 Å². The van der Waals surface area contributed by atoms with Crippen LogP contribution in [-0.2, 0) is 0 Å². The second-order valence-electron chi connectivity index (χ2n) is 3.79. The molecule has 74 valence electrons. The summed E-state index contributed by atoms with van der Waals surface area (Å²) in [6.45, 7) is 0.310. The Morgan fingerprint density at radius 1 is 1.64 bits per heavy atom. The van der Waals surface area contributed by atoms with Crippen molar-refractivity contribution in [2.24, 2.45) is 16.6 Å². The summed E-state index contributed by atoms with van der Waals surface area (Å²) in [5, 5.41) is 0. The van der Waals surface area contributed by atoms with Crippen molar-refractivity contribution < 1.29 is 4.79 Å². The van der Waals surface area contributed by atoms with E-state index in [-0.39, 0.29) is 12.1 Å². The SMILES string of the molecule is C#CCN1C(=O)N=C(N)C1C1CCC1. The number of amidine groups is 1. The summed E-state index contributed by atoms with van der Waals surface area (Å²) < 4.78 is 0. The van der Waals surface area contributed by atoms with Crippen molar-refractivity contribution in [3.8, 4) is 12.3 Å². The van der Waals surface area contributed by atoms with Crippen LogP contribution in [0.2, 0.25) is 0 Å². The molecule has 2 rings (SSSR count). The first kappa shape index (κ1) is 9.07. The van der Waals surface area contributed by atoms with Crippen molar-refractivity contribution in [2.75, 3.05) is 6.54 Å². The zero-order valence-electron chi connectivity index (χ0n) is 7.94. The molecule has 1 atom stereocenters. The van der Waals surface area contributed by atoms with Gasteiger partial charge < -0.3 is 10.6 Å². The molecule has 0 bridgehead atoms. The topological polar surface area (TPSA) is 58.7 Å². The van der Waals surface area contributed by atoms with Crippen molar-refractivity contribution in [3.63, 3.8) is 0 Å². The number of nitrogens with two attached hydrogens (primary N) is 1. The smallest absolute Gasteiger partial charge is 0.346 e. The Morgan fingerprint density at radius 2 is 2.36 bits per heavy atom. The molecule has 1 unspecified atom stereocenters. The van der Waals surface area contributed by atoms with E-state index in [9.17, 15) is 4.79 Å². The van der Waals surface area contributed by atoms with Gasteiger partial charge in [0.05, 0.1) is 12.6 Å².